The van der Waals surface area contributed by atoms with Crippen molar-refractivity contribution < 1.29 is 9.84 Å². The van der Waals surface area contributed by atoms with Crippen molar-refractivity contribution in [3.63, 3.8) is 0 Å². The maximum absolute atomic E-state index is 8.93. The van der Waals surface area contributed by atoms with Crippen LogP contribution in [0.25, 0.3) is 0 Å². The van der Waals surface area contributed by atoms with Gasteiger partial charge in [0.25, 0.3) is 0 Å². The molecule has 0 spiro atoms. The van der Waals surface area contributed by atoms with Gasteiger partial charge in [-0.3, -0.25) is 5.32 Å². The predicted molar refractivity (Wildman–Crippen MR) is 65.8 cm³/mol. The maximum Gasteiger partial charge on any atom is 0.130 e. The van der Waals surface area contributed by atoms with Crippen molar-refractivity contribution in [3.8, 4) is 11.8 Å². The van der Waals surface area contributed by atoms with E-state index in [1.807, 2.05) is 31.2 Å². The Morgan fingerprint density at radius 3 is 2.88 bits per heavy atom. The summed E-state index contributed by atoms with van der Waals surface area (Å²) in [5.41, 5.74) is 0.961. The molecule has 1 atom stereocenters. The van der Waals surface area contributed by atoms with E-state index in [2.05, 4.69) is 11.4 Å². The molecule has 17 heavy (non-hydrogen) atoms. The monoisotopic (exact) mass is 234 g/mol. The Balaban J connectivity index is 2.59. The molecule has 0 fully saturated rings. The second-order valence-electron chi connectivity index (χ2n) is 3.63. The van der Waals surface area contributed by atoms with E-state index in [-0.39, 0.29) is 12.6 Å². The van der Waals surface area contributed by atoms with E-state index in [9.17, 15) is 0 Å². The average molecular weight is 234 g/mol. The minimum absolute atomic E-state index is 0.0925. The van der Waals surface area contributed by atoms with Crippen molar-refractivity contribution in [1.82, 2.24) is 5.32 Å². The number of rotatable bonds is 7. The van der Waals surface area contributed by atoms with Crippen LogP contribution in [-0.2, 0) is 6.42 Å². The van der Waals surface area contributed by atoms with Crippen LogP contribution >= 0.6 is 0 Å². The first-order valence-corrected chi connectivity index (χ1v) is 5.76. The number of para-hydroxylation sites is 1. The molecule has 0 aliphatic heterocycles. The number of hydrogen-bond acceptors (Lipinski definition) is 4. The molecule has 0 aliphatic carbocycles. The summed E-state index contributed by atoms with van der Waals surface area (Å²) in [4.78, 5) is 0. The zero-order chi connectivity index (χ0) is 12.5. The number of nitrogens with zero attached hydrogens (tertiary/aromatic N) is 1. The number of likely N-dealkylation sites (N-methyl/N-ethyl adjacent to an activating group) is 1. The van der Waals surface area contributed by atoms with Gasteiger partial charge in [-0.15, -0.1) is 0 Å². The van der Waals surface area contributed by atoms with Crippen molar-refractivity contribution in [2.75, 3.05) is 19.8 Å². The summed E-state index contributed by atoms with van der Waals surface area (Å²) < 4.78 is 5.60. The van der Waals surface area contributed by atoms with Crippen LogP contribution in [0, 0.1) is 11.3 Å². The Morgan fingerprint density at radius 2 is 2.24 bits per heavy atom. The second kappa shape index (κ2) is 7.66. The van der Waals surface area contributed by atoms with Crippen molar-refractivity contribution >= 4 is 0 Å². The molecule has 2 N–H and O–H groups in total. The van der Waals surface area contributed by atoms with Crippen LogP contribution in [0.1, 0.15) is 12.5 Å². The number of hydrogen-bond donors (Lipinski definition) is 2. The van der Waals surface area contributed by atoms with Gasteiger partial charge >= 0.3 is 0 Å². The van der Waals surface area contributed by atoms with Crippen LogP contribution in [0.2, 0.25) is 0 Å². The van der Waals surface area contributed by atoms with Crippen molar-refractivity contribution in [1.29, 1.82) is 5.26 Å². The van der Waals surface area contributed by atoms with Crippen LogP contribution < -0.4 is 10.1 Å². The Labute approximate surface area is 102 Å². The molecule has 1 rings (SSSR count). The van der Waals surface area contributed by atoms with Crippen LogP contribution in [0.4, 0.5) is 0 Å². The molecule has 0 aliphatic rings. The van der Waals surface area contributed by atoms with Crippen molar-refractivity contribution in [2.24, 2.45) is 0 Å². The molecule has 0 saturated carbocycles. The Kier molecular flexibility index (Phi) is 6.08. The first kappa shape index (κ1) is 13.5. The standard InChI is InChI=1S/C13H18N2O2/c1-2-15-12(9-14)10-17-13-6-4-3-5-11(13)7-8-16/h3-6,12,15-16H,2,7-8,10H2,1H3. The zero-order valence-electron chi connectivity index (χ0n) is 10.0. The Hall–Kier alpha value is -1.57. The van der Waals surface area contributed by atoms with Gasteiger partial charge in [0.05, 0.1) is 6.07 Å². The van der Waals surface area contributed by atoms with Crippen molar-refractivity contribution in [3.05, 3.63) is 29.8 Å². The second-order valence-corrected chi connectivity index (χ2v) is 3.63. The minimum atomic E-state index is -0.304. The molecule has 0 amide bonds. The fraction of sp³-hybridized carbons (Fsp3) is 0.462. The van der Waals surface area contributed by atoms with Crippen molar-refractivity contribution in [2.45, 2.75) is 19.4 Å². The van der Waals surface area contributed by atoms with E-state index >= 15 is 0 Å². The molecule has 0 aromatic heterocycles. The SMILES string of the molecule is CCNC(C#N)COc1ccccc1CCO. The molecule has 4 heteroatoms. The molecule has 1 aromatic carbocycles. The van der Waals surface area contributed by atoms with Gasteiger partial charge in [0.2, 0.25) is 0 Å². The van der Waals surface area contributed by atoms with Crippen LogP contribution in [-0.4, -0.2) is 30.9 Å². The maximum atomic E-state index is 8.93. The lowest BCUT2D eigenvalue weighted by Crippen LogP contribution is -2.33. The number of ether oxygens (including phenoxy) is 1. The highest BCUT2D eigenvalue weighted by molar-refractivity contribution is 5.33. The van der Waals surface area contributed by atoms with E-state index in [1.54, 1.807) is 0 Å². The summed E-state index contributed by atoms with van der Waals surface area (Å²) in [7, 11) is 0. The van der Waals surface area contributed by atoms with Crippen LogP contribution in [0.15, 0.2) is 24.3 Å². The minimum Gasteiger partial charge on any atom is -0.491 e. The average Bonchev–Trinajstić information content (AvgIpc) is 2.36. The fourth-order valence-electron chi connectivity index (χ4n) is 1.53. The molecule has 0 radical (unpaired) electrons. The molecule has 92 valence electrons. The largest absolute Gasteiger partial charge is 0.491 e. The molecule has 4 nitrogen and oxygen atoms in total. The van der Waals surface area contributed by atoms with Gasteiger partial charge in [-0.2, -0.15) is 5.26 Å². The zero-order valence-corrected chi connectivity index (χ0v) is 10.0. The third-order valence-electron chi connectivity index (χ3n) is 2.37. The van der Waals surface area contributed by atoms with Gasteiger partial charge in [-0.1, -0.05) is 25.1 Å². The highest BCUT2D eigenvalue weighted by Crippen LogP contribution is 2.18. The number of nitrogens with one attached hydrogen (secondary N) is 1. The number of aliphatic hydroxyl groups excluding tert-OH is 1. The molecule has 1 unspecified atom stereocenters. The van der Waals surface area contributed by atoms with Gasteiger partial charge in [0, 0.05) is 6.61 Å². The van der Waals surface area contributed by atoms with E-state index in [0.29, 0.717) is 13.0 Å². The summed E-state index contributed by atoms with van der Waals surface area (Å²) in [5, 5.41) is 20.8. The third kappa shape index (κ3) is 4.43. The smallest absolute Gasteiger partial charge is 0.130 e. The molecule has 0 heterocycles. The number of aliphatic hydroxyl groups is 1. The van der Waals surface area contributed by atoms with Gasteiger partial charge in [0.15, 0.2) is 0 Å². The summed E-state index contributed by atoms with van der Waals surface area (Å²) >= 11 is 0. The number of nitriles is 1. The first-order chi connectivity index (χ1) is 8.31. The van der Waals surface area contributed by atoms with E-state index < -0.39 is 0 Å². The molecular formula is C13H18N2O2. The summed E-state index contributed by atoms with van der Waals surface area (Å²) in [5.74, 6) is 0.736. The third-order valence-corrected chi connectivity index (χ3v) is 2.37. The van der Waals surface area contributed by atoms with E-state index in [4.69, 9.17) is 15.1 Å². The molecular weight excluding hydrogens is 216 g/mol. The highest BCUT2D eigenvalue weighted by atomic mass is 16.5. The number of benzene rings is 1. The summed E-state index contributed by atoms with van der Waals surface area (Å²) in [6.45, 7) is 3.09. The van der Waals surface area contributed by atoms with Gasteiger partial charge in [-0.25, -0.2) is 0 Å². The Morgan fingerprint density at radius 1 is 1.47 bits per heavy atom. The normalized spacial score (nSPS) is 11.8. The van der Waals surface area contributed by atoms with Crippen LogP contribution in [0.3, 0.4) is 0 Å². The van der Waals surface area contributed by atoms with Gasteiger partial charge in [0.1, 0.15) is 18.4 Å². The molecule has 0 saturated heterocycles. The predicted octanol–water partition coefficient (Wildman–Crippen LogP) is 1.10. The first-order valence-electron chi connectivity index (χ1n) is 5.76. The van der Waals surface area contributed by atoms with E-state index in [0.717, 1.165) is 17.9 Å². The van der Waals surface area contributed by atoms with Gasteiger partial charge in [-0.05, 0) is 24.6 Å². The topological polar surface area (TPSA) is 65.3 Å². The van der Waals surface area contributed by atoms with Gasteiger partial charge < -0.3 is 9.84 Å². The summed E-state index contributed by atoms with van der Waals surface area (Å²) in [6, 6.07) is 9.39. The fourth-order valence-corrected chi connectivity index (χ4v) is 1.53. The van der Waals surface area contributed by atoms with E-state index in [1.165, 1.54) is 0 Å². The highest BCUT2D eigenvalue weighted by Gasteiger charge is 2.08. The Bertz CT molecular complexity index is 374. The lowest BCUT2D eigenvalue weighted by Gasteiger charge is -2.14. The van der Waals surface area contributed by atoms with Crippen LogP contribution in [0.5, 0.6) is 5.75 Å². The lowest BCUT2D eigenvalue weighted by atomic mass is 10.1. The quantitative estimate of drug-likeness (QED) is 0.741. The molecule has 0 bridgehead atoms. The summed E-state index contributed by atoms with van der Waals surface area (Å²) in [6.07, 6.45) is 0.564. The lowest BCUT2D eigenvalue weighted by molar-refractivity contribution is 0.277. The molecule has 1 aromatic rings.